The number of nitrogens with zero attached hydrogens (tertiary/aromatic N) is 1. The molecule has 3 amide bonds. The molecule has 0 aromatic rings. The minimum Gasteiger partial charge on any atom is -0.363 e. The monoisotopic (exact) mass is 365 g/mol. The van der Waals surface area contributed by atoms with Gasteiger partial charge in [-0.25, -0.2) is 0 Å². The predicted molar refractivity (Wildman–Crippen MR) is 96.9 cm³/mol. The summed E-state index contributed by atoms with van der Waals surface area (Å²) in [5.41, 5.74) is 4.98. The van der Waals surface area contributed by atoms with Crippen molar-refractivity contribution < 1.29 is 19.2 Å². The van der Waals surface area contributed by atoms with Gasteiger partial charge in [0.05, 0.1) is 6.04 Å². The van der Waals surface area contributed by atoms with Gasteiger partial charge in [-0.2, -0.15) is 0 Å². The van der Waals surface area contributed by atoms with Crippen LogP contribution in [0.5, 0.6) is 0 Å². The average molecular weight is 365 g/mol. The van der Waals surface area contributed by atoms with Crippen molar-refractivity contribution in [1.82, 2.24) is 10.2 Å². The third-order valence-corrected chi connectivity index (χ3v) is 5.23. The molecule has 2 unspecified atom stereocenters. The fourth-order valence-corrected chi connectivity index (χ4v) is 3.63. The molecule has 0 aromatic carbocycles. The molecule has 1 aliphatic carbocycles. The molecule has 1 aliphatic heterocycles. The Hall–Kier alpha value is -1.92. The lowest BCUT2D eigenvalue weighted by molar-refractivity contribution is -0.142. The van der Waals surface area contributed by atoms with E-state index in [1.807, 2.05) is 20.8 Å². The molecule has 2 rings (SSSR count). The fourth-order valence-electron chi connectivity index (χ4n) is 3.63. The first-order valence-corrected chi connectivity index (χ1v) is 9.52. The maximum atomic E-state index is 12.7. The summed E-state index contributed by atoms with van der Waals surface area (Å²) in [7, 11) is 0. The highest BCUT2D eigenvalue weighted by Gasteiger charge is 2.38. The second-order valence-electron chi connectivity index (χ2n) is 8.80. The van der Waals surface area contributed by atoms with E-state index in [1.165, 1.54) is 0 Å². The summed E-state index contributed by atoms with van der Waals surface area (Å²) in [6.45, 7) is 6.49. The lowest BCUT2D eigenvalue weighted by atomic mass is 9.80. The highest BCUT2D eigenvalue weighted by molar-refractivity contribution is 6.37. The molecule has 3 N–H and O–H groups in total. The van der Waals surface area contributed by atoms with Crippen molar-refractivity contribution in [2.45, 2.75) is 77.8 Å². The molecule has 1 saturated carbocycles. The number of Topliss-reactive ketones (excluding diaryl/α,β-unsaturated/α-hetero) is 1. The Bertz CT molecular complexity index is 578. The molecule has 2 aliphatic rings. The molecule has 1 heterocycles. The molecule has 1 saturated heterocycles. The Labute approximate surface area is 155 Å². The van der Waals surface area contributed by atoms with Gasteiger partial charge >= 0.3 is 0 Å². The molecule has 2 atom stereocenters. The molecule has 2 fully saturated rings. The van der Waals surface area contributed by atoms with Gasteiger partial charge in [0, 0.05) is 13.0 Å². The van der Waals surface area contributed by atoms with E-state index in [0.717, 1.165) is 25.7 Å². The van der Waals surface area contributed by atoms with Crippen LogP contribution in [0.3, 0.4) is 0 Å². The summed E-state index contributed by atoms with van der Waals surface area (Å²) in [5.74, 6) is -1.85. The lowest BCUT2D eigenvalue weighted by Crippen LogP contribution is -2.53. The number of nitrogens with one attached hydrogen (secondary N) is 1. The Morgan fingerprint density at radius 2 is 1.77 bits per heavy atom. The summed E-state index contributed by atoms with van der Waals surface area (Å²) < 4.78 is 0. The van der Waals surface area contributed by atoms with Crippen molar-refractivity contribution >= 4 is 23.5 Å². The molecule has 7 heteroatoms. The first-order valence-electron chi connectivity index (χ1n) is 9.52. The number of amides is 3. The lowest BCUT2D eigenvalue weighted by Gasteiger charge is -2.31. The molecular weight excluding hydrogens is 334 g/mol. The molecule has 7 nitrogen and oxygen atoms in total. The van der Waals surface area contributed by atoms with E-state index < -0.39 is 23.8 Å². The van der Waals surface area contributed by atoms with Crippen molar-refractivity contribution in [2.75, 3.05) is 6.54 Å². The van der Waals surface area contributed by atoms with Crippen molar-refractivity contribution in [3.63, 3.8) is 0 Å². The SMILES string of the molecule is CC(C)(C)CC(=O)N1CCCC1C(=O)NC(CC1CCC1)C(=O)C(N)=O. The molecule has 0 radical (unpaired) electrons. The van der Waals surface area contributed by atoms with Crippen molar-refractivity contribution in [2.24, 2.45) is 17.1 Å². The number of rotatable bonds is 7. The highest BCUT2D eigenvalue weighted by atomic mass is 16.2. The van der Waals surface area contributed by atoms with E-state index in [1.54, 1.807) is 4.90 Å². The van der Waals surface area contributed by atoms with Crippen LogP contribution in [-0.4, -0.2) is 47.0 Å². The van der Waals surface area contributed by atoms with E-state index >= 15 is 0 Å². The van der Waals surface area contributed by atoms with Crippen LogP contribution >= 0.6 is 0 Å². The average Bonchev–Trinajstić information content (AvgIpc) is 2.96. The van der Waals surface area contributed by atoms with Crippen LogP contribution in [0.25, 0.3) is 0 Å². The summed E-state index contributed by atoms with van der Waals surface area (Å²) in [6, 6.07) is -1.46. The highest BCUT2D eigenvalue weighted by Crippen LogP contribution is 2.31. The van der Waals surface area contributed by atoms with Crippen LogP contribution in [0, 0.1) is 11.3 Å². The number of hydrogen-bond acceptors (Lipinski definition) is 4. The Morgan fingerprint density at radius 3 is 2.27 bits per heavy atom. The summed E-state index contributed by atoms with van der Waals surface area (Å²) in [5, 5.41) is 2.70. The van der Waals surface area contributed by atoms with Crippen LogP contribution in [0.4, 0.5) is 0 Å². The second kappa shape index (κ2) is 8.18. The fraction of sp³-hybridized carbons (Fsp3) is 0.789. The van der Waals surface area contributed by atoms with E-state index in [2.05, 4.69) is 5.32 Å². The van der Waals surface area contributed by atoms with E-state index in [4.69, 9.17) is 5.73 Å². The molecular formula is C19H31N3O4. The zero-order valence-electron chi connectivity index (χ0n) is 16.0. The zero-order valence-corrected chi connectivity index (χ0v) is 16.0. The van der Waals surface area contributed by atoms with Gasteiger partial charge in [0.2, 0.25) is 17.6 Å². The maximum Gasteiger partial charge on any atom is 0.287 e. The number of carbonyl (C=O) groups is 4. The van der Waals surface area contributed by atoms with Crippen molar-refractivity contribution in [3.05, 3.63) is 0 Å². The number of hydrogen-bond donors (Lipinski definition) is 2. The van der Waals surface area contributed by atoms with Gasteiger partial charge in [-0.3, -0.25) is 19.2 Å². The summed E-state index contributed by atoms with van der Waals surface area (Å²) in [6.07, 6.45) is 5.23. The number of ketones is 1. The van der Waals surface area contributed by atoms with Gasteiger partial charge in [0.15, 0.2) is 0 Å². The topological polar surface area (TPSA) is 110 Å². The predicted octanol–water partition coefficient (Wildman–Crippen LogP) is 1.14. The third-order valence-electron chi connectivity index (χ3n) is 5.23. The number of likely N-dealkylation sites (tertiary alicyclic amines) is 1. The normalized spacial score (nSPS) is 21.8. The van der Waals surface area contributed by atoms with Crippen LogP contribution in [-0.2, 0) is 19.2 Å². The van der Waals surface area contributed by atoms with Crippen LogP contribution in [0.2, 0.25) is 0 Å². The first-order chi connectivity index (χ1) is 12.1. The van der Waals surface area contributed by atoms with Gasteiger partial charge in [-0.15, -0.1) is 0 Å². The number of primary amides is 1. The second-order valence-corrected chi connectivity index (χ2v) is 8.80. The number of nitrogens with two attached hydrogens (primary N) is 1. The van der Waals surface area contributed by atoms with Crippen molar-refractivity contribution in [1.29, 1.82) is 0 Å². The third kappa shape index (κ3) is 5.29. The van der Waals surface area contributed by atoms with Crippen LogP contribution < -0.4 is 11.1 Å². The van der Waals surface area contributed by atoms with E-state index in [-0.39, 0.29) is 17.2 Å². The zero-order chi connectivity index (χ0) is 19.5. The van der Waals surface area contributed by atoms with E-state index in [0.29, 0.717) is 31.7 Å². The Balaban J connectivity index is 2.03. The van der Waals surface area contributed by atoms with Crippen molar-refractivity contribution in [3.8, 4) is 0 Å². The molecule has 0 bridgehead atoms. The standard InChI is InChI=1S/C19H31N3O4/c1-19(2,3)11-15(23)22-9-5-8-14(22)18(26)21-13(16(24)17(20)25)10-12-6-4-7-12/h12-14H,4-11H2,1-3H3,(H2,20,25)(H,21,26). The van der Waals surface area contributed by atoms with Gasteiger partial charge in [-0.05, 0) is 30.6 Å². The van der Waals surface area contributed by atoms with Crippen LogP contribution in [0.15, 0.2) is 0 Å². The molecule has 0 spiro atoms. The smallest absolute Gasteiger partial charge is 0.287 e. The van der Waals surface area contributed by atoms with Gasteiger partial charge in [0.25, 0.3) is 5.91 Å². The molecule has 26 heavy (non-hydrogen) atoms. The molecule has 0 aromatic heterocycles. The van der Waals surface area contributed by atoms with Crippen LogP contribution in [0.1, 0.15) is 65.7 Å². The first kappa shape index (κ1) is 20.4. The largest absolute Gasteiger partial charge is 0.363 e. The Kier molecular flexibility index (Phi) is 6.42. The molecule has 146 valence electrons. The summed E-state index contributed by atoms with van der Waals surface area (Å²) >= 11 is 0. The van der Waals surface area contributed by atoms with Gasteiger partial charge in [0.1, 0.15) is 6.04 Å². The van der Waals surface area contributed by atoms with Gasteiger partial charge < -0.3 is 16.0 Å². The minimum atomic E-state index is -1.03. The van der Waals surface area contributed by atoms with Gasteiger partial charge in [-0.1, -0.05) is 40.0 Å². The summed E-state index contributed by atoms with van der Waals surface area (Å²) in [4.78, 5) is 50.3. The number of carbonyl (C=O) groups excluding carboxylic acids is 4. The minimum absolute atomic E-state index is 0.0491. The van der Waals surface area contributed by atoms with E-state index in [9.17, 15) is 19.2 Å². The quantitative estimate of drug-likeness (QED) is 0.659. The Morgan fingerprint density at radius 1 is 1.12 bits per heavy atom. The maximum absolute atomic E-state index is 12.7.